The fourth-order valence-corrected chi connectivity index (χ4v) is 2.24. The van der Waals surface area contributed by atoms with Crippen molar-refractivity contribution in [1.29, 1.82) is 0 Å². The Morgan fingerprint density at radius 3 is 0.957 bits per heavy atom. The summed E-state index contributed by atoms with van der Waals surface area (Å²) in [6.07, 6.45) is 17.0. The first-order valence-corrected chi connectivity index (χ1v) is 10.2. The summed E-state index contributed by atoms with van der Waals surface area (Å²) >= 11 is 0. The second-order valence-corrected chi connectivity index (χ2v) is 6.48. The topological polar surface area (TPSA) is 0 Å². The van der Waals surface area contributed by atoms with Gasteiger partial charge in [0.1, 0.15) is 0 Å². The van der Waals surface area contributed by atoms with Crippen LogP contribution in [0.1, 0.15) is 110 Å². The molecule has 23 heavy (non-hydrogen) atoms. The van der Waals surface area contributed by atoms with Gasteiger partial charge in [0, 0.05) is 0 Å². The fraction of sp³-hybridized carbons (Fsp3) is 0.739. The van der Waals surface area contributed by atoms with E-state index < -0.39 is 0 Å². The molecule has 0 aliphatic carbocycles. The molecule has 0 amide bonds. The molecule has 1 aromatic carbocycles. The van der Waals surface area contributed by atoms with Gasteiger partial charge in [-0.2, -0.15) is 0 Å². The standard InChI is InChI=1S/2C8H18.C7H8/c2*1-3-5-7-8-6-4-2;1-7-5-3-2-4-6-7/h2*3-8H2,1-2H3;2-6H,1H3. The van der Waals surface area contributed by atoms with Gasteiger partial charge in [-0.05, 0) is 6.92 Å². The molecule has 0 aliphatic rings. The SMILES string of the molecule is CCCCCCCC.CCCCCCCC.Cc1ccccc1. The zero-order chi connectivity index (χ0) is 17.6. The number of benzene rings is 1. The summed E-state index contributed by atoms with van der Waals surface area (Å²) in [6, 6.07) is 10.3. The number of hydrogen-bond acceptors (Lipinski definition) is 0. The number of aryl methyl sites for hydroxylation is 1. The van der Waals surface area contributed by atoms with Gasteiger partial charge in [-0.15, -0.1) is 0 Å². The zero-order valence-corrected chi connectivity index (χ0v) is 16.9. The van der Waals surface area contributed by atoms with Crippen molar-refractivity contribution < 1.29 is 0 Å². The smallest absolute Gasteiger partial charge is 0.0398 e. The summed E-state index contributed by atoms with van der Waals surface area (Å²) < 4.78 is 0. The molecule has 0 fully saturated rings. The molecule has 0 N–H and O–H groups in total. The Morgan fingerprint density at radius 1 is 0.478 bits per heavy atom. The van der Waals surface area contributed by atoms with Crippen molar-refractivity contribution in [2.75, 3.05) is 0 Å². The van der Waals surface area contributed by atoms with Crippen LogP contribution in [0.5, 0.6) is 0 Å². The van der Waals surface area contributed by atoms with E-state index in [1.807, 2.05) is 18.2 Å². The number of unbranched alkanes of at least 4 members (excludes halogenated alkanes) is 10. The van der Waals surface area contributed by atoms with Crippen molar-refractivity contribution in [2.45, 2.75) is 112 Å². The lowest BCUT2D eigenvalue weighted by molar-refractivity contribution is 0.624. The Labute approximate surface area is 148 Å². The molecule has 0 atom stereocenters. The van der Waals surface area contributed by atoms with E-state index in [0.717, 1.165) is 0 Å². The second-order valence-electron chi connectivity index (χ2n) is 6.48. The summed E-state index contributed by atoms with van der Waals surface area (Å²) in [6.45, 7) is 11.1. The molecule has 0 aliphatic heterocycles. The highest BCUT2D eigenvalue weighted by Crippen LogP contribution is 2.04. The average Bonchev–Trinajstić information content (AvgIpc) is 2.58. The van der Waals surface area contributed by atoms with E-state index in [4.69, 9.17) is 0 Å². The van der Waals surface area contributed by atoms with Crippen LogP contribution >= 0.6 is 0 Å². The highest BCUT2D eigenvalue weighted by Gasteiger charge is 1.84. The van der Waals surface area contributed by atoms with E-state index in [1.165, 1.54) is 82.6 Å². The largest absolute Gasteiger partial charge is 0.0654 e. The van der Waals surface area contributed by atoms with Crippen LogP contribution in [-0.2, 0) is 0 Å². The highest BCUT2D eigenvalue weighted by molar-refractivity contribution is 5.11. The minimum atomic E-state index is 1.32. The predicted octanol–water partition coefficient (Wildman–Crippen LogP) is 8.73. The molecule has 0 saturated carbocycles. The fourth-order valence-electron chi connectivity index (χ4n) is 2.24. The Balaban J connectivity index is 0. The van der Waals surface area contributed by atoms with Gasteiger partial charge >= 0.3 is 0 Å². The lowest BCUT2D eigenvalue weighted by atomic mass is 10.1. The van der Waals surface area contributed by atoms with Crippen molar-refractivity contribution in [3.05, 3.63) is 35.9 Å². The summed E-state index contributed by atoms with van der Waals surface area (Å²) in [7, 11) is 0. The van der Waals surface area contributed by atoms with Crippen LogP contribution in [0, 0.1) is 6.92 Å². The monoisotopic (exact) mass is 320 g/mol. The molecule has 0 unspecified atom stereocenters. The lowest BCUT2D eigenvalue weighted by Gasteiger charge is -1.93. The molecule has 1 aromatic rings. The Hall–Kier alpha value is -0.780. The molecule has 1 rings (SSSR count). The molecule has 0 radical (unpaired) electrons. The van der Waals surface area contributed by atoms with Crippen LogP contribution in [-0.4, -0.2) is 0 Å². The summed E-state index contributed by atoms with van der Waals surface area (Å²) in [5.41, 5.74) is 1.32. The van der Waals surface area contributed by atoms with Crippen molar-refractivity contribution in [3.8, 4) is 0 Å². The van der Waals surface area contributed by atoms with Crippen LogP contribution in [0.4, 0.5) is 0 Å². The maximum atomic E-state index is 2.26. The van der Waals surface area contributed by atoms with E-state index in [2.05, 4.69) is 46.8 Å². The van der Waals surface area contributed by atoms with Crippen molar-refractivity contribution in [2.24, 2.45) is 0 Å². The molecule has 0 spiro atoms. The van der Waals surface area contributed by atoms with Crippen molar-refractivity contribution in [3.63, 3.8) is 0 Å². The van der Waals surface area contributed by atoms with Crippen LogP contribution in [0.3, 0.4) is 0 Å². The molecule has 0 saturated heterocycles. The zero-order valence-electron chi connectivity index (χ0n) is 16.9. The van der Waals surface area contributed by atoms with E-state index >= 15 is 0 Å². The molecular weight excluding hydrogens is 276 g/mol. The first kappa shape index (κ1) is 24.5. The molecule has 0 heterocycles. The highest BCUT2D eigenvalue weighted by atomic mass is 13.9. The van der Waals surface area contributed by atoms with Gasteiger partial charge in [-0.3, -0.25) is 0 Å². The van der Waals surface area contributed by atoms with Gasteiger partial charge in [0.25, 0.3) is 0 Å². The third kappa shape index (κ3) is 26.4. The third-order valence-electron chi connectivity index (χ3n) is 3.85. The van der Waals surface area contributed by atoms with Crippen LogP contribution in [0.15, 0.2) is 30.3 Å². The van der Waals surface area contributed by atoms with Gasteiger partial charge in [0.05, 0.1) is 0 Å². The van der Waals surface area contributed by atoms with Gasteiger partial charge in [0.15, 0.2) is 0 Å². The molecule has 0 heteroatoms. The summed E-state index contributed by atoms with van der Waals surface area (Å²) in [5.74, 6) is 0. The van der Waals surface area contributed by atoms with E-state index in [0.29, 0.717) is 0 Å². The second kappa shape index (κ2) is 23.5. The van der Waals surface area contributed by atoms with Gasteiger partial charge in [-0.1, -0.05) is 141 Å². The summed E-state index contributed by atoms with van der Waals surface area (Å²) in [5, 5.41) is 0. The quantitative estimate of drug-likeness (QED) is 0.378. The lowest BCUT2D eigenvalue weighted by Crippen LogP contribution is -1.73. The Bertz CT molecular complexity index is 251. The first-order valence-electron chi connectivity index (χ1n) is 10.2. The minimum Gasteiger partial charge on any atom is -0.0654 e. The third-order valence-corrected chi connectivity index (χ3v) is 3.85. The number of rotatable bonds is 10. The Kier molecular flexibility index (Phi) is 25.0. The molecule has 136 valence electrons. The maximum Gasteiger partial charge on any atom is -0.0398 e. The van der Waals surface area contributed by atoms with E-state index in [1.54, 1.807) is 0 Å². The molecule has 0 aromatic heterocycles. The predicted molar refractivity (Wildman–Crippen MR) is 109 cm³/mol. The summed E-state index contributed by atoms with van der Waals surface area (Å²) in [4.78, 5) is 0. The van der Waals surface area contributed by atoms with Crippen LogP contribution in [0.25, 0.3) is 0 Å². The maximum absolute atomic E-state index is 2.26. The molecule has 0 bridgehead atoms. The number of hydrogen-bond donors (Lipinski definition) is 0. The van der Waals surface area contributed by atoms with Crippen LogP contribution < -0.4 is 0 Å². The van der Waals surface area contributed by atoms with Gasteiger partial charge in [0.2, 0.25) is 0 Å². The van der Waals surface area contributed by atoms with Crippen molar-refractivity contribution >= 4 is 0 Å². The molecular formula is C23H44. The van der Waals surface area contributed by atoms with Crippen molar-refractivity contribution in [1.82, 2.24) is 0 Å². The van der Waals surface area contributed by atoms with E-state index in [-0.39, 0.29) is 0 Å². The van der Waals surface area contributed by atoms with Crippen LogP contribution in [0.2, 0.25) is 0 Å². The molecule has 0 nitrogen and oxygen atoms in total. The average molecular weight is 321 g/mol. The van der Waals surface area contributed by atoms with E-state index in [9.17, 15) is 0 Å². The minimum absolute atomic E-state index is 1.32. The Morgan fingerprint density at radius 2 is 0.783 bits per heavy atom. The first-order chi connectivity index (χ1) is 11.2. The normalized spacial score (nSPS) is 9.43. The van der Waals surface area contributed by atoms with Gasteiger partial charge in [-0.25, -0.2) is 0 Å². The van der Waals surface area contributed by atoms with Gasteiger partial charge < -0.3 is 0 Å².